The van der Waals surface area contributed by atoms with Gasteiger partial charge in [-0.25, -0.2) is 8.96 Å². The number of hydrogen-bond donors (Lipinski definition) is 0. The highest BCUT2D eigenvalue weighted by molar-refractivity contribution is 6.13. The zero-order valence-electron chi connectivity index (χ0n) is 20.0. The number of benzene rings is 4. The minimum Gasteiger partial charge on any atom is -0.454 e. The molecule has 0 N–H and O–H groups in total. The molecule has 2 heterocycles. The average molecular weight is 459 g/mol. The molecule has 0 spiro atoms. The van der Waals surface area contributed by atoms with E-state index in [9.17, 15) is 0 Å². The highest BCUT2D eigenvalue weighted by Crippen LogP contribution is 2.42. The standard InChI is InChI=1S/C32H25FNO/c1-20-12-14-25-26-16-17-27(33)30(24-15-13-23(19-21(24)2)22-9-5-4-6-10-22)32(26)35-31(25)29(20)28-11-7-8-18-34(28)3/h4-19H,1-3H3/q+1. The smallest absolute Gasteiger partial charge is 0.216 e. The summed E-state index contributed by atoms with van der Waals surface area (Å²) >= 11 is 0. The normalized spacial score (nSPS) is 11.4. The van der Waals surface area contributed by atoms with Gasteiger partial charge in [-0.1, -0.05) is 60.7 Å². The molecule has 35 heavy (non-hydrogen) atoms. The van der Waals surface area contributed by atoms with E-state index < -0.39 is 0 Å². The number of hydrogen-bond acceptors (Lipinski definition) is 1. The monoisotopic (exact) mass is 458 g/mol. The van der Waals surface area contributed by atoms with Crippen molar-refractivity contribution in [2.45, 2.75) is 13.8 Å². The molecule has 0 saturated heterocycles. The first-order chi connectivity index (χ1) is 17.0. The number of nitrogens with zero attached hydrogens (tertiary/aromatic N) is 1. The molecule has 0 fully saturated rings. The van der Waals surface area contributed by atoms with Crippen LogP contribution in [0, 0.1) is 19.7 Å². The second kappa shape index (κ2) is 8.21. The average Bonchev–Trinajstić information content (AvgIpc) is 3.24. The first kappa shape index (κ1) is 21.3. The Bertz CT molecular complexity index is 1730. The topological polar surface area (TPSA) is 17.0 Å². The summed E-state index contributed by atoms with van der Waals surface area (Å²) in [6, 6.07) is 30.1. The Kier molecular flexibility index (Phi) is 5.00. The van der Waals surface area contributed by atoms with Gasteiger partial charge in [-0.15, -0.1) is 0 Å². The van der Waals surface area contributed by atoms with Crippen molar-refractivity contribution < 1.29 is 13.4 Å². The van der Waals surface area contributed by atoms with E-state index in [1.165, 1.54) is 0 Å². The Balaban J connectivity index is 1.62. The van der Waals surface area contributed by atoms with Gasteiger partial charge in [0.25, 0.3) is 0 Å². The third-order valence-corrected chi connectivity index (χ3v) is 6.88. The maximum atomic E-state index is 15.4. The van der Waals surface area contributed by atoms with Gasteiger partial charge < -0.3 is 4.42 Å². The van der Waals surface area contributed by atoms with Crippen LogP contribution >= 0.6 is 0 Å². The third-order valence-electron chi connectivity index (χ3n) is 6.88. The molecule has 3 heteroatoms. The molecule has 0 unspecified atom stereocenters. The van der Waals surface area contributed by atoms with E-state index in [1.54, 1.807) is 6.07 Å². The van der Waals surface area contributed by atoms with Gasteiger partial charge in [-0.3, -0.25) is 0 Å². The predicted molar refractivity (Wildman–Crippen MR) is 141 cm³/mol. The molecular formula is C32H25FNO+. The molecular weight excluding hydrogens is 433 g/mol. The molecule has 6 rings (SSSR count). The summed E-state index contributed by atoms with van der Waals surface area (Å²) in [6.07, 6.45) is 2.03. The third kappa shape index (κ3) is 3.43. The molecule has 0 aliphatic heterocycles. The van der Waals surface area contributed by atoms with Crippen LogP contribution in [-0.4, -0.2) is 0 Å². The Hall–Kier alpha value is -4.24. The van der Waals surface area contributed by atoms with E-state index in [4.69, 9.17) is 4.42 Å². The van der Waals surface area contributed by atoms with E-state index in [-0.39, 0.29) is 5.82 Å². The number of fused-ring (bicyclic) bond motifs is 3. The van der Waals surface area contributed by atoms with E-state index in [1.807, 2.05) is 62.6 Å². The van der Waals surface area contributed by atoms with Gasteiger partial charge in [0, 0.05) is 22.9 Å². The molecule has 0 saturated carbocycles. The van der Waals surface area contributed by atoms with E-state index in [0.717, 1.165) is 55.4 Å². The molecule has 6 aromatic rings. The lowest BCUT2D eigenvalue weighted by Crippen LogP contribution is -2.30. The van der Waals surface area contributed by atoms with Crippen molar-refractivity contribution >= 4 is 21.9 Å². The van der Waals surface area contributed by atoms with Gasteiger partial charge in [0.2, 0.25) is 5.69 Å². The van der Waals surface area contributed by atoms with Crippen LogP contribution in [0.15, 0.2) is 102 Å². The van der Waals surface area contributed by atoms with Crippen LogP contribution in [0.5, 0.6) is 0 Å². The van der Waals surface area contributed by atoms with Crippen LogP contribution in [0.1, 0.15) is 11.1 Å². The quantitative estimate of drug-likeness (QED) is 0.244. The molecule has 0 radical (unpaired) electrons. The van der Waals surface area contributed by atoms with Gasteiger partial charge in [0.1, 0.15) is 24.0 Å². The lowest BCUT2D eigenvalue weighted by molar-refractivity contribution is -0.660. The zero-order chi connectivity index (χ0) is 24.1. The Morgan fingerprint density at radius 2 is 1.37 bits per heavy atom. The van der Waals surface area contributed by atoms with E-state index in [2.05, 4.69) is 54.0 Å². The van der Waals surface area contributed by atoms with Crippen molar-refractivity contribution in [2.75, 3.05) is 0 Å². The summed E-state index contributed by atoms with van der Waals surface area (Å²) in [7, 11) is 2.03. The van der Waals surface area contributed by atoms with E-state index >= 15 is 4.39 Å². The van der Waals surface area contributed by atoms with Gasteiger partial charge in [0.15, 0.2) is 6.20 Å². The minimum absolute atomic E-state index is 0.282. The summed E-state index contributed by atoms with van der Waals surface area (Å²) in [5.74, 6) is -0.282. The fourth-order valence-electron chi connectivity index (χ4n) is 5.08. The van der Waals surface area contributed by atoms with Crippen molar-refractivity contribution in [1.82, 2.24) is 0 Å². The SMILES string of the molecule is Cc1cc(-c2ccccc2)ccc1-c1c(F)ccc2c1oc1c(-c3cccc[n+]3C)c(C)ccc12. The minimum atomic E-state index is -0.282. The Morgan fingerprint density at radius 3 is 2.11 bits per heavy atom. The summed E-state index contributed by atoms with van der Waals surface area (Å²) in [5, 5.41) is 1.91. The number of halogens is 1. The fourth-order valence-corrected chi connectivity index (χ4v) is 5.08. The number of rotatable bonds is 3. The van der Waals surface area contributed by atoms with Crippen LogP contribution in [0.4, 0.5) is 4.39 Å². The summed E-state index contributed by atoms with van der Waals surface area (Å²) in [4.78, 5) is 0. The second-order valence-corrected chi connectivity index (χ2v) is 9.13. The molecule has 2 nitrogen and oxygen atoms in total. The molecule has 0 atom stereocenters. The van der Waals surface area contributed by atoms with Gasteiger partial charge >= 0.3 is 0 Å². The highest BCUT2D eigenvalue weighted by Gasteiger charge is 2.23. The lowest BCUT2D eigenvalue weighted by atomic mass is 9.94. The van der Waals surface area contributed by atoms with Gasteiger partial charge in [0.05, 0.1) is 11.1 Å². The second-order valence-electron chi connectivity index (χ2n) is 9.13. The Labute approximate surface area is 203 Å². The number of aryl methyl sites for hydroxylation is 3. The highest BCUT2D eigenvalue weighted by atomic mass is 19.1. The summed E-state index contributed by atoms with van der Waals surface area (Å²) in [5.41, 5.74) is 9.18. The van der Waals surface area contributed by atoms with Crippen LogP contribution < -0.4 is 4.57 Å². The molecule has 0 bridgehead atoms. The molecule has 0 aliphatic rings. The lowest BCUT2D eigenvalue weighted by Gasteiger charge is -2.11. The first-order valence-electron chi connectivity index (χ1n) is 11.8. The maximum absolute atomic E-state index is 15.4. The largest absolute Gasteiger partial charge is 0.454 e. The molecule has 170 valence electrons. The molecule has 0 aliphatic carbocycles. The predicted octanol–water partition coefficient (Wildman–Crippen LogP) is 8.17. The van der Waals surface area contributed by atoms with Gasteiger partial charge in [-0.05, 0) is 59.9 Å². The van der Waals surface area contributed by atoms with Crippen molar-refractivity contribution in [1.29, 1.82) is 0 Å². The molecule has 2 aromatic heterocycles. The Morgan fingerprint density at radius 1 is 0.657 bits per heavy atom. The van der Waals surface area contributed by atoms with Crippen LogP contribution in [0.3, 0.4) is 0 Å². The van der Waals surface area contributed by atoms with E-state index in [0.29, 0.717) is 11.1 Å². The van der Waals surface area contributed by atoms with Crippen LogP contribution in [0.2, 0.25) is 0 Å². The zero-order valence-corrected chi connectivity index (χ0v) is 20.0. The fraction of sp³-hybridized carbons (Fsp3) is 0.0938. The summed E-state index contributed by atoms with van der Waals surface area (Å²) < 4.78 is 24.1. The number of aromatic nitrogens is 1. The van der Waals surface area contributed by atoms with Crippen molar-refractivity contribution in [3.63, 3.8) is 0 Å². The van der Waals surface area contributed by atoms with Crippen LogP contribution in [-0.2, 0) is 7.05 Å². The van der Waals surface area contributed by atoms with Crippen molar-refractivity contribution in [3.05, 3.63) is 114 Å². The molecule has 4 aromatic carbocycles. The maximum Gasteiger partial charge on any atom is 0.216 e. The summed E-state index contributed by atoms with van der Waals surface area (Å²) in [6.45, 7) is 4.12. The molecule has 0 amide bonds. The van der Waals surface area contributed by atoms with Crippen molar-refractivity contribution in [3.8, 4) is 33.5 Å². The number of furan rings is 1. The van der Waals surface area contributed by atoms with Crippen molar-refractivity contribution in [2.24, 2.45) is 7.05 Å². The number of pyridine rings is 1. The van der Waals surface area contributed by atoms with Gasteiger partial charge in [-0.2, -0.15) is 0 Å². The van der Waals surface area contributed by atoms with Crippen LogP contribution in [0.25, 0.3) is 55.4 Å². The first-order valence-corrected chi connectivity index (χ1v) is 11.8.